The highest BCUT2D eigenvalue weighted by molar-refractivity contribution is 8.00. The van der Waals surface area contributed by atoms with E-state index in [1.807, 2.05) is 13.8 Å². The second-order valence-electron chi connectivity index (χ2n) is 3.35. The molecular weight excluding hydrogens is 272 g/mol. The van der Waals surface area contributed by atoms with Crippen LogP contribution in [0, 0.1) is 13.8 Å². The Morgan fingerprint density at radius 2 is 2.17 bits per heavy atom. The van der Waals surface area contributed by atoms with Gasteiger partial charge in [0.05, 0.1) is 0 Å². The van der Waals surface area contributed by atoms with Crippen LogP contribution >= 0.6 is 23.1 Å². The summed E-state index contributed by atoms with van der Waals surface area (Å²) in [5.41, 5.74) is 6.62. The summed E-state index contributed by atoms with van der Waals surface area (Å²) in [5, 5.41) is 20.8. The largest absolute Gasteiger partial charge is 0.409 e. The first kappa shape index (κ1) is 12.7. The Kier molecular flexibility index (Phi) is 3.72. The second-order valence-corrected chi connectivity index (χ2v) is 5.75. The van der Waals surface area contributed by atoms with Crippen LogP contribution in [0.4, 0.5) is 0 Å². The molecule has 9 heteroatoms. The minimum atomic E-state index is -0.0456. The Bertz CT molecular complexity index is 596. The lowest BCUT2D eigenvalue weighted by Gasteiger charge is -2.02. The quantitative estimate of drug-likeness (QED) is 0.286. The molecule has 94 valence electrons. The fourth-order valence-corrected chi connectivity index (χ4v) is 2.91. The first-order chi connectivity index (χ1) is 8.58. The Morgan fingerprint density at radius 1 is 1.39 bits per heavy atom. The molecule has 0 atom stereocenters. The molecule has 0 aromatic carbocycles. The third kappa shape index (κ3) is 2.93. The molecule has 0 aliphatic heterocycles. The van der Waals surface area contributed by atoms with Gasteiger partial charge in [-0.05, 0) is 31.7 Å². The zero-order valence-corrected chi connectivity index (χ0v) is 11.3. The number of hydrogen-bond acceptors (Lipinski definition) is 8. The average molecular weight is 282 g/mol. The van der Waals surface area contributed by atoms with E-state index in [9.17, 15) is 0 Å². The van der Waals surface area contributed by atoms with Gasteiger partial charge in [0.15, 0.2) is 15.3 Å². The molecule has 2 aromatic rings. The van der Waals surface area contributed by atoms with Crippen LogP contribution in [0.25, 0.3) is 0 Å². The second kappa shape index (κ2) is 5.27. The predicted molar refractivity (Wildman–Crippen MR) is 68.0 cm³/mol. The molecule has 18 heavy (non-hydrogen) atoms. The molecule has 2 aromatic heterocycles. The van der Waals surface area contributed by atoms with Crippen LogP contribution in [0.15, 0.2) is 20.7 Å². The van der Waals surface area contributed by atoms with E-state index in [4.69, 9.17) is 10.9 Å². The Morgan fingerprint density at radius 3 is 2.78 bits per heavy atom. The van der Waals surface area contributed by atoms with Crippen molar-refractivity contribution in [2.24, 2.45) is 10.9 Å². The molecule has 0 saturated heterocycles. The molecule has 0 aliphatic rings. The number of nitrogens with zero attached hydrogens (tertiary/aromatic N) is 5. The highest BCUT2D eigenvalue weighted by Gasteiger charge is 2.10. The standard InChI is InChI=1S/C9H10N6OS2/c1-4-3-6(7(10)15-16)12-8(11-4)18-9-14-13-5(2)17-9/h3,16H,1-2H3,(H2,10,15). The summed E-state index contributed by atoms with van der Waals surface area (Å²) >= 11 is 2.75. The third-order valence-corrected chi connectivity index (χ3v) is 3.64. The van der Waals surface area contributed by atoms with Gasteiger partial charge in [-0.2, -0.15) is 0 Å². The maximum atomic E-state index is 8.64. The van der Waals surface area contributed by atoms with Gasteiger partial charge >= 0.3 is 0 Å². The van der Waals surface area contributed by atoms with Gasteiger partial charge in [-0.25, -0.2) is 9.97 Å². The van der Waals surface area contributed by atoms with Crippen LogP contribution in [0.2, 0.25) is 0 Å². The van der Waals surface area contributed by atoms with Gasteiger partial charge in [-0.3, -0.25) is 0 Å². The molecule has 0 amide bonds. The van der Waals surface area contributed by atoms with Gasteiger partial charge in [0, 0.05) is 5.69 Å². The van der Waals surface area contributed by atoms with Crippen molar-refractivity contribution < 1.29 is 5.21 Å². The number of hydrogen-bond donors (Lipinski definition) is 2. The number of nitrogens with two attached hydrogens (primary N) is 1. The van der Waals surface area contributed by atoms with E-state index in [1.165, 1.54) is 23.1 Å². The normalized spacial score (nSPS) is 11.8. The van der Waals surface area contributed by atoms with Gasteiger partial charge in [0.2, 0.25) is 0 Å². The highest BCUT2D eigenvalue weighted by atomic mass is 32.2. The van der Waals surface area contributed by atoms with Crippen molar-refractivity contribution in [1.82, 2.24) is 20.2 Å². The summed E-state index contributed by atoms with van der Waals surface area (Å²) < 4.78 is 0.753. The van der Waals surface area contributed by atoms with Gasteiger partial charge < -0.3 is 10.9 Å². The maximum Gasteiger partial charge on any atom is 0.195 e. The summed E-state index contributed by atoms with van der Waals surface area (Å²) in [6, 6.07) is 1.64. The van der Waals surface area contributed by atoms with E-state index >= 15 is 0 Å². The Labute approximate surface area is 111 Å². The van der Waals surface area contributed by atoms with Crippen LogP contribution in [-0.2, 0) is 0 Å². The van der Waals surface area contributed by atoms with Crippen LogP contribution in [0.5, 0.6) is 0 Å². The van der Waals surface area contributed by atoms with Crippen molar-refractivity contribution in [1.29, 1.82) is 0 Å². The van der Waals surface area contributed by atoms with Crippen molar-refractivity contribution in [2.45, 2.75) is 23.3 Å². The monoisotopic (exact) mass is 282 g/mol. The van der Waals surface area contributed by atoms with Crippen LogP contribution < -0.4 is 5.73 Å². The summed E-state index contributed by atoms with van der Waals surface area (Å²) in [4.78, 5) is 8.44. The van der Waals surface area contributed by atoms with E-state index < -0.39 is 0 Å². The zero-order chi connectivity index (χ0) is 13.1. The lowest BCUT2D eigenvalue weighted by atomic mass is 10.3. The lowest BCUT2D eigenvalue weighted by molar-refractivity contribution is 0.318. The molecule has 0 bridgehead atoms. The van der Waals surface area contributed by atoms with Crippen molar-refractivity contribution in [3.05, 3.63) is 22.5 Å². The van der Waals surface area contributed by atoms with Crippen molar-refractivity contribution in [3.8, 4) is 0 Å². The zero-order valence-electron chi connectivity index (χ0n) is 9.65. The number of oxime groups is 1. The van der Waals surface area contributed by atoms with Crippen LogP contribution in [0.1, 0.15) is 16.4 Å². The van der Waals surface area contributed by atoms with E-state index in [-0.39, 0.29) is 5.84 Å². The van der Waals surface area contributed by atoms with Crippen LogP contribution in [-0.4, -0.2) is 31.2 Å². The summed E-state index contributed by atoms with van der Waals surface area (Å²) in [6.07, 6.45) is 0. The minimum absolute atomic E-state index is 0.0456. The molecule has 2 rings (SSSR count). The van der Waals surface area contributed by atoms with Gasteiger partial charge in [-0.1, -0.05) is 16.5 Å². The molecule has 0 radical (unpaired) electrons. The Balaban J connectivity index is 2.31. The molecule has 0 saturated carbocycles. The summed E-state index contributed by atoms with van der Waals surface area (Å²) in [6.45, 7) is 3.69. The molecular formula is C9H10N6OS2. The molecule has 0 fully saturated rings. The van der Waals surface area contributed by atoms with Gasteiger partial charge in [0.1, 0.15) is 10.7 Å². The number of aryl methyl sites for hydroxylation is 2. The molecule has 3 N–H and O–H groups in total. The lowest BCUT2D eigenvalue weighted by Crippen LogP contribution is -2.16. The van der Waals surface area contributed by atoms with Crippen molar-refractivity contribution in [2.75, 3.05) is 0 Å². The molecule has 7 nitrogen and oxygen atoms in total. The van der Waals surface area contributed by atoms with Gasteiger partial charge in [0.25, 0.3) is 0 Å². The maximum absolute atomic E-state index is 8.64. The van der Waals surface area contributed by atoms with Gasteiger partial charge in [-0.15, -0.1) is 10.2 Å². The highest BCUT2D eigenvalue weighted by Crippen LogP contribution is 2.27. The first-order valence-corrected chi connectivity index (χ1v) is 6.53. The van der Waals surface area contributed by atoms with Crippen molar-refractivity contribution in [3.63, 3.8) is 0 Å². The number of amidine groups is 1. The number of rotatable bonds is 3. The van der Waals surface area contributed by atoms with E-state index in [0.29, 0.717) is 10.9 Å². The first-order valence-electron chi connectivity index (χ1n) is 4.90. The average Bonchev–Trinajstić information content (AvgIpc) is 2.73. The van der Waals surface area contributed by atoms with E-state index in [0.717, 1.165) is 15.0 Å². The Hall–Kier alpha value is -1.74. The molecule has 0 spiro atoms. The summed E-state index contributed by atoms with van der Waals surface area (Å²) in [5.74, 6) is -0.0456. The van der Waals surface area contributed by atoms with E-state index in [1.54, 1.807) is 6.07 Å². The fourth-order valence-electron chi connectivity index (χ4n) is 1.17. The molecule has 0 aliphatic carbocycles. The summed E-state index contributed by atoms with van der Waals surface area (Å²) in [7, 11) is 0. The fraction of sp³-hybridized carbons (Fsp3) is 0.222. The third-order valence-electron chi connectivity index (χ3n) is 1.89. The topological polar surface area (TPSA) is 110 Å². The smallest absolute Gasteiger partial charge is 0.195 e. The van der Waals surface area contributed by atoms with E-state index in [2.05, 4.69) is 25.3 Å². The number of aromatic nitrogens is 4. The van der Waals surface area contributed by atoms with Crippen molar-refractivity contribution >= 4 is 28.9 Å². The SMILES string of the molecule is Cc1cc(/C(N)=N/O)nc(Sc2nnc(C)s2)n1. The van der Waals surface area contributed by atoms with Crippen LogP contribution in [0.3, 0.4) is 0 Å². The molecule has 0 unspecified atom stereocenters. The minimum Gasteiger partial charge on any atom is -0.409 e. The predicted octanol–water partition coefficient (Wildman–Crippen LogP) is 1.19. The molecule has 2 heterocycles.